The van der Waals surface area contributed by atoms with Gasteiger partial charge < -0.3 is 9.47 Å². The fourth-order valence-corrected chi connectivity index (χ4v) is 2.07. The van der Waals surface area contributed by atoms with Gasteiger partial charge in [0.05, 0.1) is 18.7 Å². The Bertz CT molecular complexity index is 730. The highest BCUT2D eigenvalue weighted by atomic mass is 79.9. The Morgan fingerprint density at radius 2 is 1.80 bits per heavy atom. The summed E-state index contributed by atoms with van der Waals surface area (Å²) in [4.78, 5) is 0. The van der Waals surface area contributed by atoms with Crippen LogP contribution in [-0.2, 0) is 0 Å². The van der Waals surface area contributed by atoms with Crippen LogP contribution in [0.25, 0.3) is 0 Å². The molecule has 0 aromatic heterocycles. The van der Waals surface area contributed by atoms with Crippen LogP contribution in [0.1, 0.15) is 11.1 Å². The zero-order valence-corrected chi connectivity index (χ0v) is 12.1. The summed E-state index contributed by atoms with van der Waals surface area (Å²) in [6.45, 7) is 0. The minimum absolute atomic E-state index is 0.402. The van der Waals surface area contributed by atoms with Crippen molar-refractivity contribution in [3.63, 3.8) is 0 Å². The molecule has 0 aliphatic heterocycles. The third-order valence-corrected chi connectivity index (χ3v) is 3.26. The predicted octanol–water partition coefficient (Wildman–Crippen LogP) is 3.99. The molecule has 20 heavy (non-hydrogen) atoms. The normalized spacial score (nSPS) is 9.40. The predicted molar refractivity (Wildman–Crippen MR) is 76.6 cm³/mol. The molecular formula is C15H9BrN2O2. The highest BCUT2D eigenvalue weighted by Gasteiger charge is 2.12. The highest BCUT2D eigenvalue weighted by Crippen LogP contribution is 2.35. The summed E-state index contributed by atoms with van der Waals surface area (Å²) in [6, 6.07) is 14.2. The number of hydrogen-bond donors (Lipinski definition) is 0. The topological polar surface area (TPSA) is 66.0 Å². The van der Waals surface area contributed by atoms with Gasteiger partial charge in [-0.25, -0.2) is 0 Å². The summed E-state index contributed by atoms with van der Waals surface area (Å²) in [6.07, 6.45) is 0. The number of methoxy groups -OCH3 is 1. The average Bonchev–Trinajstić information content (AvgIpc) is 2.48. The van der Waals surface area contributed by atoms with Gasteiger partial charge in [-0.2, -0.15) is 10.5 Å². The molecule has 5 heteroatoms. The van der Waals surface area contributed by atoms with E-state index in [-0.39, 0.29) is 0 Å². The molecule has 0 aliphatic rings. The summed E-state index contributed by atoms with van der Waals surface area (Å²) in [7, 11) is 1.50. The lowest BCUT2D eigenvalue weighted by molar-refractivity contribution is 0.378. The molecular weight excluding hydrogens is 320 g/mol. The van der Waals surface area contributed by atoms with Crippen molar-refractivity contribution in [3.8, 4) is 29.4 Å². The van der Waals surface area contributed by atoms with Crippen LogP contribution in [0.2, 0.25) is 0 Å². The lowest BCUT2D eigenvalue weighted by atomic mass is 10.2. The molecule has 0 bridgehead atoms. The molecule has 0 aliphatic carbocycles. The fraction of sp³-hybridized carbons (Fsp3) is 0.0667. The number of halogens is 1. The first-order chi connectivity index (χ1) is 9.69. The molecule has 4 nitrogen and oxygen atoms in total. The summed E-state index contributed by atoms with van der Waals surface area (Å²) < 4.78 is 11.6. The largest absolute Gasteiger partial charge is 0.493 e. The minimum Gasteiger partial charge on any atom is -0.493 e. The van der Waals surface area contributed by atoms with Crippen LogP contribution in [0.15, 0.2) is 40.9 Å². The van der Waals surface area contributed by atoms with E-state index in [2.05, 4.69) is 22.0 Å². The Labute approximate surface area is 124 Å². The Balaban J connectivity index is 2.44. The van der Waals surface area contributed by atoms with Crippen molar-refractivity contribution in [2.45, 2.75) is 0 Å². The van der Waals surface area contributed by atoms with E-state index in [1.165, 1.54) is 7.11 Å². The smallest absolute Gasteiger partial charge is 0.169 e. The van der Waals surface area contributed by atoms with Crippen molar-refractivity contribution >= 4 is 15.9 Å². The van der Waals surface area contributed by atoms with E-state index in [0.717, 1.165) is 0 Å². The van der Waals surface area contributed by atoms with Gasteiger partial charge >= 0.3 is 0 Å². The maximum absolute atomic E-state index is 9.15. The van der Waals surface area contributed by atoms with E-state index in [0.29, 0.717) is 32.8 Å². The Kier molecular flexibility index (Phi) is 4.24. The molecule has 0 amide bonds. The maximum Gasteiger partial charge on any atom is 0.169 e. The van der Waals surface area contributed by atoms with Gasteiger partial charge in [-0.1, -0.05) is 6.07 Å². The van der Waals surface area contributed by atoms with Crippen LogP contribution in [0.3, 0.4) is 0 Å². The third-order valence-electron chi connectivity index (χ3n) is 2.60. The maximum atomic E-state index is 9.15. The van der Waals surface area contributed by atoms with Crippen LogP contribution >= 0.6 is 15.9 Å². The van der Waals surface area contributed by atoms with Crippen molar-refractivity contribution in [3.05, 3.63) is 52.0 Å². The zero-order valence-electron chi connectivity index (χ0n) is 10.6. The monoisotopic (exact) mass is 328 g/mol. The standard InChI is InChI=1S/C15H9BrN2O2/c1-19-15-7-10(8-17)5-6-14(15)20-13-4-2-3-12(16)11(13)9-18/h2-7H,1H3. The lowest BCUT2D eigenvalue weighted by Gasteiger charge is -2.12. The van der Waals surface area contributed by atoms with Crippen LogP contribution in [0.5, 0.6) is 17.2 Å². The number of hydrogen-bond acceptors (Lipinski definition) is 4. The number of rotatable bonds is 3. The molecule has 0 N–H and O–H groups in total. The molecule has 2 aromatic rings. The fourth-order valence-electron chi connectivity index (χ4n) is 1.64. The van der Waals surface area contributed by atoms with Gasteiger partial charge in [0.1, 0.15) is 17.4 Å². The number of nitriles is 2. The molecule has 0 heterocycles. The quantitative estimate of drug-likeness (QED) is 0.854. The molecule has 0 spiro atoms. The van der Waals surface area contributed by atoms with Crippen molar-refractivity contribution in [1.29, 1.82) is 10.5 Å². The van der Waals surface area contributed by atoms with Crippen molar-refractivity contribution < 1.29 is 9.47 Å². The summed E-state index contributed by atoms with van der Waals surface area (Å²) in [5.74, 6) is 1.30. The second kappa shape index (κ2) is 6.10. The summed E-state index contributed by atoms with van der Waals surface area (Å²) >= 11 is 3.30. The second-order valence-electron chi connectivity index (χ2n) is 3.80. The molecule has 0 fully saturated rings. The summed E-state index contributed by atoms with van der Waals surface area (Å²) in [5.41, 5.74) is 0.878. The highest BCUT2D eigenvalue weighted by molar-refractivity contribution is 9.10. The molecule has 0 unspecified atom stereocenters. The van der Waals surface area contributed by atoms with E-state index in [1.807, 2.05) is 6.07 Å². The van der Waals surface area contributed by atoms with Gasteiger partial charge in [-0.05, 0) is 40.2 Å². The van der Waals surface area contributed by atoms with Crippen molar-refractivity contribution in [2.24, 2.45) is 0 Å². The molecule has 0 radical (unpaired) electrons. The van der Waals surface area contributed by atoms with Crippen molar-refractivity contribution in [1.82, 2.24) is 0 Å². The van der Waals surface area contributed by atoms with Crippen LogP contribution < -0.4 is 9.47 Å². The molecule has 2 aromatic carbocycles. The molecule has 98 valence electrons. The van der Waals surface area contributed by atoms with Gasteiger partial charge in [-0.3, -0.25) is 0 Å². The Morgan fingerprint density at radius 3 is 2.45 bits per heavy atom. The molecule has 2 rings (SSSR count). The summed E-state index contributed by atoms with van der Waals surface area (Å²) in [5, 5.41) is 18.0. The van der Waals surface area contributed by atoms with Gasteiger partial charge in [0, 0.05) is 10.5 Å². The van der Waals surface area contributed by atoms with E-state index in [9.17, 15) is 0 Å². The molecule has 0 saturated heterocycles. The van der Waals surface area contributed by atoms with Gasteiger partial charge in [-0.15, -0.1) is 0 Å². The number of benzene rings is 2. The molecule has 0 atom stereocenters. The van der Waals surface area contributed by atoms with Gasteiger partial charge in [0.15, 0.2) is 11.5 Å². The number of ether oxygens (including phenoxy) is 2. The first kappa shape index (κ1) is 13.9. The van der Waals surface area contributed by atoms with Crippen LogP contribution in [-0.4, -0.2) is 7.11 Å². The SMILES string of the molecule is COc1cc(C#N)ccc1Oc1cccc(Br)c1C#N. The van der Waals surface area contributed by atoms with E-state index >= 15 is 0 Å². The Morgan fingerprint density at radius 1 is 1.00 bits per heavy atom. The molecule has 0 saturated carbocycles. The average molecular weight is 329 g/mol. The zero-order chi connectivity index (χ0) is 14.5. The third kappa shape index (κ3) is 2.74. The second-order valence-corrected chi connectivity index (χ2v) is 4.66. The van der Waals surface area contributed by atoms with E-state index in [4.69, 9.17) is 20.0 Å². The van der Waals surface area contributed by atoms with Crippen LogP contribution in [0, 0.1) is 22.7 Å². The van der Waals surface area contributed by atoms with Gasteiger partial charge in [0.2, 0.25) is 0 Å². The first-order valence-corrected chi connectivity index (χ1v) is 6.43. The van der Waals surface area contributed by atoms with Crippen LogP contribution in [0.4, 0.5) is 0 Å². The lowest BCUT2D eigenvalue weighted by Crippen LogP contribution is -1.93. The van der Waals surface area contributed by atoms with E-state index in [1.54, 1.807) is 36.4 Å². The first-order valence-electron chi connectivity index (χ1n) is 5.64. The van der Waals surface area contributed by atoms with Gasteiger partial charge in [0.25, 0.3) is 0 Å². The Hall–Kier alpha value is -2.50. The number of nitrogens with zero attached hydrogens (tertiary/aromatic N) is 2. The minimum atomic E-state index is 0.402. The van der Waals surface area contributed by atoms with Crippen molar-refractivity contribution in [2.75, 3.05) is 7.11 Å². The van der Waals surface area contributed by atoms with E-state index < -0.39 is 0 Å².